The zero-order chi connectivity index (χ0) is 11.4. The molecule has 2 unspecified atom stereocenters. The molecule has 0 aromatic heterocycles. The lowest BCUT2D eigenvalue weighted by molar-refractivity contribution is -0.137. The number of carbonyl (C=O) groups is 1. The van der Waals surface area contributed by atoms with Gasteiger partial charge in [0.2, 0.25) is 0 Å². The Kier molecular flexibility index (Phi) is 5.32. The summed E-state index contributed by atoms with van der Waals surface area (Å²) in [5.74, 6) is -0.730. The second-order valence-corrected chi connectivity index (χ2v) is 5.64. The van der Waals surface area contributed by atoms with Gasteiger partial charge in [0.05, 0.1) is 0 Å². The van der Waals surface area contributed by atoms with Gasteiger partial charge < -0.3 is 4.74 Å². The minimum atomic E-state index is -4.23. The van der Waals surface area contributed by atoms with Gasteiger partial charge in [-0.05, 0) is 0 Å². The van der Waals surface area contributed by atoms with Crippen molar-refractivity contribution in [2.45, 2.75) is 17.0 Å². The first-order valence-corrected chi connectivity index (χ1v) is 6.10. The Morgan fingerprint density at radius 2 is 2.21 bits per heavy atom. The Hall–Kier alpha value is -0.400. The molecule has 0 aliphatic heterocycles. The van der Waals surface area contributed by atoms with E-state index >= 15 is 0 Å². The fourth-order valence-electron chi connectivity index (χ4n) is 0.679. The third-order valence-corrected chi connectivity index (χ3v) is 3.75. The third kappa shape index (κ3) is 4.73. The molecular weight excluding hydrogens is 276 g/mol. The van der Waals surface area contributed by atoms with Gasteiger partial charge in [0.25, 0.3) is 10.1 Å². The van der Waals surface area contributed by atoms with Crippen molar-refractivity contribution in [3.63, 3.8) is 0 Å². The summed E-state index contributed by atoms with van der Waals surface area (Å²) in [5.41, 5.74) is 0. The monoisotopic (exact) mass is 286 g/mol. The lowest BCUT2D eigenvalue weighted by Crippen LogP contribution is -2.33. The number of hydrogen-bond acceptors (Lipinski definition) is 4. The van der Waals surface area contributed by atoms with Gasteiger partial charge in [0.15, 0.2) is 0 Å². The Morgan fingerprint density at radius 1 is 1.71 bits per heavy atom. The van der Waals surface area contributed by atoms with E-state index in [2.05, 4.69) is 27.2 Å². The molecule has 0 aliphatic rings. The predicted molar refractivity (Wildman–Crippen MR) is 54.9 cm³/mol. The van der Waals surface area contributed by atoms with Gasteiger partial charge in [-0.3, -0.25) is 4.55 Å². The summed E-state index contributed by atoms with van der Waals surface area (Å²) >= 11 is 2.99. The number of carbonyl (C=O) groups excluding carboxylic acids is 1. The standard InChI is InChI=1S/C7H11BrO5S/c1-3-7(9)13-4-6(5(2)8)14(10,11)12/h3,5-6H,1,4H2,2H3,(H,10,11,12). The van der Waals surface area contributed by atoms with Crippen LogP contribution in [0.25, 0.3) is 0 Å². The van der Waals surface area contributed by atoms with Crippen LogP contribution >= 0.6 is 15.9 Å². The van der Waals surface area contributed by atoms with Crippen LogP contribution in [0.2, 0.25) is 0 Å². The molecule has 14 heavy (non-hydrogen) atoms. The smallest absolute Gasteiger partial charge is 0.330 e. The van der Waals surface area contributed by atoms with Crippen LogP contribution < -0.4 is 0 Å². The van der Waals surface area contributed by atoms with Crippen molar-refractivity contribution < 1.29 is 22.5 Å². The maximum absolute atomic E-state index is 10.8. The van der Waals surface area contributed by atoms with Crippen molar-refractivity contribution in [1.82, 2.24) is 0 Å². The summed E-state index contributed by atoms with van der Waals surface area (Å²) in [6, 6.07) is 0. The average Bonchev–Trinajstić information content (AvgIpc) is 2.01. The topological polar surface area (TPSA) is 80.7 Å². The number of esters is 1. The first kappa shape index (κ1) is 13.6. The van der Waals surface area contributed by atoms with Crippen LogP contribution in [0.5, 0.6) is 0 Å². The fraction of sp³-hybridized carbons (Fsp3) is 0.571. The molecule has 0 amide bonds. The number of halogens is 1. The van der Waals surface area contributed by atoms with Gasteiger partial charge in [0.1, 0.15) is 11.9 Å². The van der Waals surface area contributed by atoms with E-state index in [-0.39, 0.29) is 0 Å². The quantitative estimate of drug-likeness (QED) is 0.349. The largest absolute Gasteiger partial charge is 0.461 e. The minimum Gasteiger partial charge on any atom is -0.461 e. The van der Waals surface area contributed by atoms with Crippen LogP contribution in [0.15, 0.2) is 12.7 Å². The van der Waals surface area contributed by atoms with Crippen molar-refractivity contribution in [2.24, 2.45) is 0 Å². The van der Waals surface area contributed by atoms with Crippen molar-refractivity contribution in [2.75, 3.05) is 6.61 Å². The molecule has 1 N–H and O–H groups in total. The lowest BCUT2D eigenvalue weighted by atomic mass is 10.3. The number of alkyl halides is 1. The van der Waals surface area contributed by atoms with Crippen molar-refractivity contribution in [3.8, 4) is 0 Å². The second-order valence-electron chi connectivity index (χ2n) is 2.57. The van der Waals surface area contributed by atoms with E-state index in [0.717, 1.165) is 6.08 Å². The third-order valence-electron chi connectivity index (χ3n) is 1.45. The average molecular weight is 287 g/mol. The van der Waals surface area contributed by atoms with Gasteiger partial charge in [0, 0.05) is 10.9 Å². The molecule has 82 valence electrons. The number of ether oxygens (including phenoxy) is 1. The van der Waals surface area contributed by atoms with Crippen LogP contribution in [0.4, 0.5) is 0 Å². The molecule has 0 saturated carbocycles. The zero-order valence-corrected chi connectivity index (χ0v) is 9.92. The van der Waals surface area contributed by atoms with Crippen molar-refractivity contribution in [3.05, 3.63) is 12.7 Å². The molecule has 0 heterocycles. The summed E-state index contributed by atoms with van der Waals surface area (Å²) in [4.78, 5) is 10.1. The van der Waals surface area contributed by atoms with E-state index in [1.54, 1.807) is 0 Å². The Morgan fingerprint density at radius 3 is 2.50 bits per heavy atom. The summed E-state index contributed by atoms with van der Waals surface area (Å²) < 4.78 is 34.8. The van der Waals surface area contributed by atoms with Gasteiger partial charge >= 0.3 is 5.97 Å². The highest BCUT2D eigenvalue weighted by atomic mass is 79.9. The highest BCUT2D eigenvalue weighted by molar-refractivity contribution is 9.09. The van der Waals surface area contributed by atoms with E-state index in [1.807, 2.05) is 0 Å². The number of hydrogen-bond donors (Lipinski definition) is 1. The Labute approximate surface area is 91.0 Å². The molecule has 0 aliphatic carbocycles. The first-order valence-electron chi connectivity index (χ1n) is 3.68. The molecule has 0 aromatic carbocycles. The van der Waals surface area contributed by atoms with Crippen LogP contribution in [0.3, 0.4) is 0 Å². The molecule has 0 saturated heterocycles. The molecule has 0 bridgehead atoms. The molecule has 0 fully saturated rings. The van der Waals surface area contributed by atoms with E-state index in [4.69, 9.17) is 4.55 Å². The summed E-state index contributed by atoms with van der Waals surface area (Å²) in [6.07, 6.45) is 0.917. The molecule has 0 aromatic rings. The summed E-state index contributed by atoms with van der Waals surface area (Å²) in [5, 5.41) is -1.17. The summed E-state index contributed by atoms with van der Waals surface area (Å²) in [7, 11) is -4.23. The SMILES string of the molecule is C=CC(=O)OCC(C(C)Br)S(=O)(=O)O. The van der Waals surface area contributed by atoms with Crippen LogP contribution in [0.1, 0.15) is 6.92 Å². The first-order chi connectivity index (χ1) is 6.29. The van der Waals surface area contributed by atoms with Gasteiger partial charge in [-0.1, -0.05) is 29.4 Å². The van der Waals surface area contributed by atoms with Crippen LogP contribution in [-0.2, 0) is 19.6 Å². The maximum atomic E-state index is 10.8. The summed E-state index contributed by atoms with van der Waals surface area (Å²) in [6.45, 7) is 4.27. The van der Waals surface area contributed by atoms with Gasteiger partial charge in [-0.25, -0.2) is 4.79 Å². The van der Waals surface area contributed by atoms with Crippen molar-refractivity contribution in [1.29, 1.82) is 0 Å². The predicted octanol–water partition coefficient (Wildman–Crippen LogP) is 0.755. The fourth-order valence-corrected chi connectivity index (χ4v) is 2.36. The van der Waals surface area contributed by atoms with E-state index in [0.29, 0.717) is 0 Å². The highest BCUT2D eigenvalue weighted by Gasteiger charge is 2.28. The normalized spacial score (nSPS) is 15.6. The van der Waals surface area contributed by atoms with E-state index in [1.165, 1.54) is 6.92 Å². The van der Waals surface area contributed by atoms with Crippen molar-refractivity contribution >= 4 is 32.0 Å². The lowest BCUT2D eigenvalue weighted by Gasteiger charge is -2.15. The molecule has 5 nitrogen and oxygen atoms in total. The molecule has 0 radical (unpaired) electrons. The number of rotatable bonds is 5. The second kappa shape index (κ2) is 5.47. The molecule has 7 heteroatoms. The highest BCUT2D eigenvalue weighted by Crippen LogP contribution is 2.13. The molecular formula is C7H11BrO5S. The molecule has 2 atom stereocenters. The van der Waals surface area contributed by atoms with E-state index < -0.39 is 32.8 Å². The van der Waals surface area contributed by atoms with E-state index in [9.17, 15) is 13.2 Å². The van der Waals surface area contributed by atoms with Gasteiger partial charge in [-0.15, -0.1) is 0 Å². The van der Waals surface area contributed by atoms with Crippen LogP contribution in [-0.4, -0.2) is 35.6 Å². The van der Waals surface area contributed by atoms with Crippen LogP contribution in [0, 0.1) is 0 Å². The minimum absolute atomic E-state index is 0.407. The maximum Gasteiger partial charge on any atom is 0.330 e. The Balaban J connectivity index is 4.42. The zero-order valence-electron chi connectivity index (χ0n) is 7.51. The van der Waals surface area contributed by atoms with Gasteiger partial charge in [-0.2, -0.15) is 8.42 Å². The molecule has 0 rings (SSSR count). The Bertz CT molecular complexity index is 308. The molecule has 0 spiro atoms.